The first-order valence-corrected chi connectivity index (χ1v) is 16.8. The minimum atomic E-state index is -0.779. The number of thioether (sulfide) groups is 1. The van der Waals surface area contributed by atoms with Gasteiger partial charge in [-0.3, -0.25) is 4.79 Å². The molecular formula is C37H49Cl2N3O5S. The van der Waals surface area contributed by atoms with Gasteiger partial charge in [-0.1, -0.05) is 44.2 Å². The predicted octanol–water partition coefficient (Wildman–Crippen LogP) is 7.32. The molecule has 0 unspecified atom stereocenters. The van der Waals surface area contributed by atoms with Crippen molar-refractivity contribution in [2.24, 2.45) is 5.92 Å². The van der Waals surface area contributed by atoms with Gasteiger partial charge < -0.3 is 33.6 Å². The largest absolute Gasteiger partial charge is 0.493 e. The Morgan fingerprint density at radius 2 is 1.44 bits per heavy atom. The summed E-state index contributed by atoms with van der Waals surface area (Å²) in [5.41, 5.74) is 3.03. The van der Waals surface area contributed by atoms with E-state index in [0.717, 1.165) is 74.0 Å². The summed E-state index contributed by atoms with van der Waals surface area (Å²) in [6.45, 7) is 10.4. The Labute approximate surface area is 302 Å². The van der Waals surface area contributed by atoms with Crippen LogP contribution in [0.25, 0.3) is 0 Å². The van der Waals surface area contributed by atoms with E-state index in [1.807, 2.05) is 61.6 Å². The monoisotopic (exact) mass is 717 g/mol. The molecule has 262 valence electrons. The molecule has 48 heavy (non-hydrogen) atoms. The summed E-state index contributed by atoms with van der Waals surface area (Å²) in [6.07, 6.45) is 5.69. The highest BCUT2D eigenvalue weighted by atomic mass is 35.5. The number of piperazine rings is 1. The highest BCUT2D eigenvalue weighted by molar-refractivity contribution is 8.01. The molecule has 0 N–H and O–H groups in total. The molecule has 11 heteroatoms. The molecular weight excluding hydrogens is 669 g/mol. The third-order valence-electron chi connectivity index (χ3n) is 9.03. The zero-order valence-corrected chi connectivity index (χ0v) is 31.2. The number of nitrogens with zero attached hydrogens (tertiary/aromatic N) is 3. The first kappa shape index (κ1) is 39.4. The number of ether oxygens (including phenoxy) is 4. The smallest absolute Gasteiger partial charge is 0.248 e. The molecule has 2 aliphatic rings. The maximum absolute atomic E-state index is 14.0. The number of amides is 1. The normalized spacial score (nSPS) is 18.2. The molecule has 2 aliphatic heterocycles. The van der Waals surface area contributed by atoms with Gasteiger partial charge in [-0.15, -0.1) is 36.6 Å². The van der Waals surface area contributed by atoms with Gasteiger partial charge in [-0.05, 0) is 60.7 Å². The standard InChI is InChI=1S/C37H47N3O5S.2ClH/c1-27(2)37(36(41)38(3)30-14-8-10-16-34(30)46-37)29-13-7-9-15-31(29)45-24-12-11-18-39-20-22-40(23-21-39)19-17-28-25-32(42-4)35(44-6)33(26-28)43-5;;/h7-10,12-16,24-27H,11,17-23H2,1-6H3;2*1H/b24-12-;;/t37-;;/m1../s1. The number of hydrogen-bond donors (Lipinski definition) is 0. The number of para-hydroxylation sites is 2. The molecule has 3 aromatic carbocycles. The fourth-order valence-electron chi connectivity index (χ4n) is 6.37. The molecule has 0 aliphatic carbocycles. The number of methoxy groups -OCH3 is 3. The minimum Gasteiger partial charge on any atom is -0.493 e. The highest BCUT2D eigenvalue weighted by Crippen LogP contribution is 2.56. The third-order valence-corrected chi connectivity index (χ3v) is 10.8. The molecule has 3 aromatic rings. The zero-order chi connectivity index (χ0) is 32.7. The Morgan fingerprint density at radius 3 is 2.06 bits per heavy atom. The van der Waals surface area contributed by atoms with E-state index >= 15 is 0 Å². The van der Waals surface area contributed by atoms with Crippen LogP contribution in [0, 0.1) is 5.92 Å². The number of fused-ring (bicyclic) bond motifs is 1. The average Bonchev–Trinajstić information content (AvgIpc) is 3.08. The van der Waals surface area contributed by atoms with Crippen molar-refractivity contribution in [1.29, 1.82) is 0 Å². The van der Waals surface area contributed by atoms with Crippen molar-refractivity contribution in [2.75, 3.05) is 72.5 Å². The third kappa shape index (κ3) is 8.37. The molecule has 0 saturated carbocycles. The average molecular weight is 719 g/mol. The Morgan fingerprint density at radius 1 is 0.833 bits per heavy atom. The second kappa shape index (κ2) is 18.1. The van der Waals surface area contributed by atoms with Crippen LogP contribution in [0.15, 0.2) is 77.9 Å². The maximum atomic E-state index is 14.0. The lowest BCUT2D eigenvalue weighted by molar-refractivity contribution is -0.122. The lowest BCUT2D eigenvalue weighted by atomic mass is 9.85. The molecule has 2 heterocycles. The van der Waals surface area contributed by atoms with Crippen molar-refractivity contribution in [3.05, 3.63) is 84.1 Å². The molecule has 0 bridgehead atoms. The van der Waals surface area contributed by atoms with E-state index in [-0.39, 0.29) is 36.6 Å². The first-order valence-electron chi connectivity index (χ1n) is 16.0. The van der Waals surface area contributed by atoms with Crippen LogP contribution in [0.3, 0.4) is 0 Å². The van der Waals surface area contributed by atoms with Gasteiger partial charge in [0.05, 0.1) is 33.3 Å². The van der Waals surface area contributed by atoms with Crippen molar-refractivity contribution >= 4 is 48.2 Å². The van der Waals surface area contributed by atoms with E-state index in [2.05, 4.69) is 35.8 Å². The van der Waals surface area contributed by atoms with E-state index in [9.17, 15) is 4.79 Å². The number of anilines is 1. The molecule has 1 fully saturated rings. The van der Waals surface area contributed by atoms with Gasteiger partial charge in [0, 0.05) is 56.8 Å². The molecule has 0 aromatic heterocycles. The van der Waals surface area contributed by atoms with Crippen LogP contribution >= 0.6 is 36.6 Å². The van der Waals surface area contributed by atoms with Gasteiger partial charge in [0.2, 0.25) is 11.7 Å². The van der Waals surface area contributed by atoms with Gasteiger partial charge in [0.1, 0.15) is 10.5 Å². The fraction of sp³-hybridized carbons (Fsp3) is 0.432. The van der Waals surface area contributed by atoms with E-state index in [0.29, 0.717) is 17.2 Å². The van der Waals surface area contributed by atoms with Crippen LogP contribution in [-0.2, 0) is 16.0 Å². The summed E-state index contributed by atoms with van der Waals surface area (Å²) in [6, 6.07) is 20.2. The summed E-state index contributed by atoms with van der Waals surface area (Å²) < 4.78 is 22.0. The number of hydrogen-bond acceptors (Lipinski definition) is 8. The number of rotatable bonds is 13. The number of carbonyl (C=O) groups excluding carboxylic acids is 1. The van der Waals surface area contributed by atoms with Gasteiger partial charge in [0.25, 0.3) is 0 Å². The van der Waals surface area contributed by atoms with Gasteiger partial charge in [-0.2, -0.15) is 0 Å². The number of carbonyl (C=O) groups is 1. The molecule has 1 atom stereocenters. The summed E-state index contributed by atoms with van der Waals surface area (Å²) in [5, 5.41) is 0. The Hall–Kier alpha value is -3.08. The van der Waals surface area contributed by atoms with Crippen molar-refractivity contribution in [3.63, 3.8) is 0 Å². The first-order chi connectivity index (χ1) is 22.3. The second-order valence-electron chi connectivity index (χ2n) is 12.1. The van der Waals surface area contributed by atoms with Gasteiger partial charge >= 0.3 is 0 Å². The number of halogens is 2. The van der Waals surface area contributed by atoms with Gasteiger partial charge in [0.15, 0.2) is 11.5 Å². The number of likely N-dealkylation sites (N-methyl/N-ethyl adjacent to an activating group) is 1. The predicted molar refractivity (Wildman–Crippen MR) is 200 cm³/mol. The van der Waals surface area contributed by atoms with Crippen LogP contribution in [0.2, 0.25) is 0 Å². The Kier molecular flexibility index (Phi) is 14.8. The van der Waals surface area contributed by atoms with E-state index < -0.39 is 4.75 Å². The molecule has 5 rings (SSSR count). The van der Waals surface area contributed by atoms with E-state index in [1.54, 1.807) is 44.3 Å². The van der Waals surface area contributed by atoms with E-state index in [1.165, 1.54) is 5.56 Å². The van der Waals surface area contributed by atoms with Crippen molar-refractivity contribution < 1.29 is 23.7 Å². The highest BCUT2D eigenvalue weighted by Gasteiger charge is 2.51. The van der Waals surface area contributed by atoms with Crippen LogP contribution in [0.1, 0.15) is 31.4 Å². The van der Waals surface area contributed by atoms with Crippen LogP contribution < -0.4 is 23.8 Å². The van der Waals surface area contributed by atoms with Crippen LogP contribution in [0.5, 0.6) is 23.0 Å². The topological polar surface area (TPSA) is 63.7 Å². The zero-order valence-electron chi connectivity index (χ0n) is 28.8. The molecule has 0 spiro atoms. The molecule has 1 saturated heterocycles. The number of benzene rings is 3. The lowest BCUT2D eigenvalue weighted by Crippen LogP contribution is -2.49. The Bertz CT molecular complexity index is 1510. The Balaban J connectivity index is 0.00000312. The quantitative estimate of drug-likeness (QED) is 0.171. The van der Waals surface area contributed by atoms with Crippen molar-refractivity contribution in [2.45, 2.75) is 36.3 Å². The minimum absolute atomic E-state index is 0. The van der Waals surface area contributed by atoms with Crippen molar-refractivity contribution in [3.8, 4) is 23.0 Å². The summed E-state index contributed by atoms with van der Waals surface area (Å²) in [4.78, 5) is 21.9. The molecule has 8 nitrogen and oxygen atoms in total. The van der Waals surface area contributed by atoms with Crippen molar-refractivity contribution in [1.82, 2.24) is 9.80 Å². The van der Waals surface area contributed by atoms with Crippen LogP contribution in [-0.4, -0.2) is 83.4 Å². The fourth-order valence-corrected chi connectivity index (χ4v) is 7.91. The van der Waals surface area contributed by atoms with Gasteiger partial charge in [-0.25, -0.2) is 0 Å². The van der Waals surface area contributed by atoms with E-state index in [4.69, 9.17) is 18.9 Å². The summed E-state index contributed by atoms with van der Waals surface area (Å²) in [7, 11) is 6.80. The summed E-state index contributed by atoms with van der Waals surface area (Å²) in [5.74, 6) is 2.87. The lowest BCUT2D eigenvalue weighted by Gasteiger charge is -2.43. The molecule has 1 amide bonds. The SMILES string of the molecule is COc1cc(CCN2CCN(CC/C=C\Oc3ccccc3[C@@]3(C(C)C)Sc4ccccc4N(C)C3=O)CC2)cc(OC)c1OC.Cl.Cl. The maximum Gasteiger partial charge on any atom is 0.248 e. The summed E-state index contributed by atoms with van der Waals surface area (Å²) >= 11 is 1.64. The van der Waals surface area contributed by atoms with Crippen LogP contribution in [0.4, 0.5) is 5.69 Å². The molecule has 0 radical (unpaired) electrons. The second-order valence-corrected chi connectivity index (χ2v) is 13.4.